The molecule has 0 aliphatic carbocycles. The Kier molecular flexibility index (Phi) is 9.41. The fraction of sp³-hybridized carbons (Fsp3) is 0.667. The van der Waals surface area contributed by atoms with E-state index >= 15 is 0 Å². The van der Waals surface area contributed by atoms with E-state index in [0.29, 0.717) is 21.9 Å². The number of hydrogen-bond donors (Lipinski definition) is 1. The third-order valence-electron chi connectivity index (χ3n) is 8.49. The van der Waals surface area contributed by atoms with Crippen LogP contribution in [0.25, 0.3) is 11.0 Å². The van der Waals surface area contributed by atoms with Crippen LogP contribution in [-0.4, -0.2) is 82.8 Å². The number of nitrogens with two attached hydrogens (primary N) is 1. The van der Waals surface area contributed by atoms with Gasteiger partial charge in [-0.2, -0.15) is 5.10 Å². The number of imidazole rings is 1. The molecule has 43 heavy (non-hydrogen) atoms. The Hall–Kier alpha value is -1.93. The maximum Gasteiger partial charge on any atom is 0.335 e. The summed E-state index contributed by atoms with van der Waals surface area (Å²) in [6.07, 6.45) is 5.85. The summed E-state index contributed by atoms with van der Waals surface area (Å²) in [5.41, 5.74) is 7.50. The maximum absolute atomic E-state index is 7.41. The number of thiocarbonyl (C=S) groups is 1. The fourth-order valence-corrected chi connectivity index (χ4v) is 18.3. The van der Waals surface area contributed by atoms with Gasteiger partial charge in [0.1, 0.15) is 35.7 Å². The van der Waals surface area contributed by atoms with Gasteiger partial charge in [-0.25, -0.2) is 19.6 Å². The van der Waals surface area contributed by atoms with Crippen molar-refractivity contribution in [1.82, 2.24) is 29.3 Å². The first-order valence-electron chi connectivity index (χ1n) is 14.7. The molecule has 236 valence electrons. The molecule has 2 aliphatic rings. The largest absolute Gasteiger partial charge is 0.459 e. The SMILES string of the molecule is CSc1nn([C@H]2O[C@@H]3CO[Si](C(C)C)(C(C)C)O[Si](C(C)C)(C(C)C)O[C@@H]3[C@@H]2OC(=S)n2ccnc2)c2ncnc(N)c12. The van der Waals surface area contributed by atoms with Crippen LogP contribution >= 0.6 is 24.0 Å². The van der Waals surface area contributed by atoms with Gasteiger partial charge in [0, 0.05) is 12.4 Å². The van der Waals surface area contributed by atoms with E-state index in [-0.39, 0.29) is 33.9 Å². The molecule has 0 bridgehead atoms. The summed E-state index contributed by atoms with van der Waals surface area (Å²) in [7, 11) is -5.76. The summed E-state index contributed by atoms with van der Waals surface area (Å²) >= 11 is 7.20. The second kappa shape index (κ2) is 12.5. The second-order valence-corrected chi connectivity index (χ2v) is 22.3. The summed E-state index contributed by atoms with van der Waals surface area (Å²) in [5, 5.41) is 6.46. The van der Waals surface area contributed by atoms with E-state index in [2.05, 4.69) is 70.3 Å². The Bertz CT molecular complexity index is 1420. The van der Waals surface area contributed by atoms with Crippen molar-refractivity contribution >= 4 is 63.1 Å². The van der Waals surface area contributed by atoms with Crippen molar-refractivity contribution in [2.45, 2.75) is 107 Å². The Morgan fingerprint density at radius 2 is 1.74 bits per heavy atom. The zero-order valence-corrected chi connectivity index (χ0v) is 29.9. The number of aromatic nitrogens is 6. The molecule has 2 aliphatic heterocycles. The van der Waals surface area contributed by atoms with Crippen LogP contribution < -0.4 is 5.73 Å². The van der Waals surface area contributed by atoms with Gasteiger partial charge >= 0.3 is 17.1 Å². The van der Waals surface area contributed by atoms with E-state index in [1.165, 1.54) is 18.1 Å². The first-order chi connectivity index (χ1) is 20.4. The van der Waals surface area contributed by atoms with E-state index < -0.39 is 41.7 Å². The fourth-order valence-electron chi connectivity index (χ4n) is 6.27. The van der Waals surface area contributed by atoms with Crippen LogP contribution in [-0.2, 0) is 22.4 Å². The Morgan fingerprint density at radius 1 is 1.07 bits per heavy atom. The molecule has 2 fully saturated rings. The van der Waals surface area contributed by atoms with Gasteiger partial charge in [0.25, 0.3) is 5.17 Å². The first-order valence-corrected chi connectivity index (χ1v) is 20.3. The molecule has 0 spiro atoms. The molecule has 4 atom stereocenters. The molecular weight excluding hydrogens is 623 g/mol. The quantitative estimate of drug-likeness (QED) is 0.197. The first kappa shape index (κ1) is 32.5. The smallest absolute Gasteiger partial charge is 0.335 e. The lowest BCUT2D eigenvalue weighted by atomic mass is 10.1. The molecular formula is C27H43N7O5S2Si2. The molecule has 0 unspecified atom stereocenters. The zero-order chi connectivity index (χ0) is 31.3. The van der Waals surface area contributed by atoms with Crippen molar-refractivity contribution < 1.29 is 22.4 Å². The summed E-state index contributed by atoms with van der Waals surface area (Å²) in [6, 6.07) is 0. The van der Waals surface area contributed by atoms with Gasteiger partial charge in [-0.15, -0.1) is 11.8 Å². The minimum Gasteiger partial charge on any atom is -0.459 e. The van der Waals surface area contributed by atoms with E-state index in [0.717, 1.165) is 0 Å². The molecule has 16 heteroatoms. The average molecular weight is 666 g/mol. The van der Waals surface area contributed by atoms with E-state index in [4.69, 9.17) is 45.5 Å². The van der Waals surface area contributed by atoms with Crippen LogP contribution in [0.2, 0.25) is 22.2 Å². The second-order valence-electron chi connectivity index (χ2n) is 12.4. The van der Waals surface area contributed by atoms with E-state index in [1.807, 2.05) is 6.26 Å². The van der Waals surface area contributed by atoms with Crippen LogP contribution in [0.15, 0.2) is 30.1 Å². The molecule has 2 saturated heterocycles. The number of nitrogens with zero attached hydrogens (tertiary/aromatic N) is 6. The van der Waals surface area contributed by atoms with Crippen molar-refractivity contribution in [2.75, 3.05) is 18.6 Å². The Balaban J connectivity index is 1.66. The van der Waals surface area contributed by atoms with Crippen molar-refractivity contribution in [3.8, 4) is 0 Å². The lowest BCUT2D eigenvalue weighted by Gasteiger charge is -2.51. The standard InChI is InChI=1S/C27H43N7O5S2Si2/c1-15(2)42(16(3)4)35-12-19-21(38-43(39-42,17(5)6)18(7)8)22(37-27(40)33-11-10-29-14-33)26(36-19)34-24-20(25(32-34)41-9)23(28)30-13-31-24/h10-11,13-19,21-22,26H,12H2,1-9H3,(H2,28,30,31)/t19-,21+,22+,26+/m1/s1. The van der Waals surface area contributed by atoms with Crippen LogP contribution in [0, 0.1) is 0 Å². The number of thioether (sulfide) groups is 1. The number of hydrogen-bond acceptors (Lipinski definition) is 12. The molecule has 0 saturated carbocycles. The Morgan fingerprint density at radius 3 is 2.33 bits per heavy atom. The lowest BCUT2D eigenvalue weighted by molar-refractivity contribution is -0.0610. The van der Waals surface area contributed by atoms with Crippen molar-refractivity contribution in [3.63, 3.8) is 0 Å². The average Bonchev–Trinajstić information content (AvgIpc) is 3.67. The monoisotopic (exact) mass is 665 g/mol. The van der Waals surface area contributed by atoms with Gasteiger partial charge in [0.2, 0.25) is 0 Å². The maximum atomic E-state index is 7.41. The molecule has 3 aromatic rings. The number of rotatable bonds is 7. The third-order valence-corrected chi connectivity index (χ3v) is 19.7. The van der Waals surface area contributed by atoms with Crippen LogP contribution in [0.1, 0.15) is 61.6 Å². The summed E-state index contributed by atoms with van der Waals surface area (Å²) in [4.78, 5) is 12.9. The lowest BCUT2D eigenvalue weighted by Crippen LogP contribution is -2.66. The molecule has 3 aromatic heterocycles. The van der Waals surface area contributed by atoms with Crippen LogP contribution in [0.5, 0.6) is 0 Å². The highest BCUT2D eigenvalue weighted by atomic mass is 32.2. The molecule has 2 N–H and O–H groups in total. The van der Waals surface area contributed by atoms with Crippen molar-refractivity contribution in [1.29, 1.82) is 0 Å². The van der Waals surface area contributed by atoms with Gasteiger partial charge < -0.3 is 28.2 Å². The number of anilines is 1. The van der Waals surface area contributed by atoms with E-state index in [1.54, 1.807) is 28.0 Å². The number of nitrogen functional groups attached to an aromatic ring is 1. The molecule has 5 heterocycles. The highest BCUT2D eigenvalue weighted by Crippen LogP contribution is 2.49. The van der Waals surface area contributed by atoms with Gasteiger partial charge in [-0.1, -0.05) is 55.4 Å². The van der Waals surface area contributed by atoms with Gasteiger partial charge in [0.05, 0.1) is 12.0 Å². The summed E-state index contributed by atoms with van der Waals surface area (Å²) in [6.45, 7) is 17.8. The molecule has 0 aromatic carbocycles. The highest BCUT2D eigenvalue weighted by molar-refractivity contribution is 7.98. The molecule has 5 rings (SSSR count). The van der Waals surface area contributed by atoms with Crippen LogP contribution in [0.3, 0.4) is 0 Å². The molecule has 0 radical (unpaired) electrons. The summed E-state index contributed by atoms with van der Waals surface area (Å²) in [5.74, 6) is 0.347. The van der Waals surface area contributed by atoms with Gasteiger partial charge in [-0.3, -0.25) is 4.57 Å². The molecule has 12 nitrogen and oxygen atoms in total. The number of fused-ring (bicyclic) bond motifs is 2. The topological polar surface area (TPSA) is 134 Å². The summed E-state index contributed by atoms with van der Waals surface area (Å²) < 4.78 is 38.6. The minimum absolute atomic E-state index is 0.126. The third kappa shape index (κ3) is 5.58. The number of ether oxygens (including phenoxy) is 2. The molecule has 0 amide bonds. The zero-order valence-electron chi connectivity index (χ0n) is 26.3. The predicted octanol–water partition coefficient (Wildman–Crippen LogP) is 5.40. The Labute approximate surface area is 264 Å². The minimum atomic E-state index is -2.99. The van der Waals surface area contributed by atoms with Gasteiger partial charge in [-0.05, 0) is 40.6 Å². The van der Waals surface area contributed by atoms with Crippen molar-refractivity contribution in [2.24, 2.45) is 0 Å². The predicted molar refractivity (Wildman–Crippen MR) is 174 cm³/mol. The van der Waals surface area contributed by atoms with Crippen molar-refractivity contribution in [3.05, 3.63) is 25.0 Å². The van der Waals surface area contributed by atoms with Crippen LogP contribution in [0.4, 0.5) is 5.82 Å². The normalized spacial score (nSPS) is 25.4. The van der Waals surface area contributed by atoms with E-state index in [9.17, 15) is 0 Å². The highest BCUT2D eigenvalue weighted by Gasteiger charge is 2.62. The van der Waals surface area contributed by atoms with Gasteiger partial charge in [0.15, 0.2) is 18.0 Å².